The molecule has 3 aliphatic heterocycles. The minimum absolute atomic E-state index is 0.191. The van der Waals surface area contributed by atoms with Gasteiger partial charge < -0.3 is 23.8 Å². The maximum absolute atomic E-state index is 15.1. The van der Waals surface area contributed by atoms with Crippen molar-refractivity contribution in [3.8, 4) is 0 Å². The predicted octanol–water partition coefficient (Wildman–Crippen LogP) is 12.1. The van der Waals surface area contributed by atoms with Gasteiger partial charge in [0.2, 0.25) is 11.9 Å². The van der Waals surface area contributed by atoms with Gasteiger partial charge in [-0.05, 0) is 24.0 Å². The van der Waals surface area contributed by atoms with Crippen LogP contribution in [0.4, 0.5) is 0 Å². The van der Waals surface area contributed by atoms with E-state index in [9.17, 15) is 9.59 Å². The summed E-state index contributed by atoms with van der Waals surface area (Å²) in [5, 5.41) is 8.73. The summed E-state index contributed by atoms with van der Waals surface area (Å²) in [6.07, 6.45) is 24.4. The highest BCUT2D eigenvalue weighted by molar-refractivity contribution is 5.86. The molecule has 3 aromatic rings. The van der Waals surface area contributed by atoms with E-state index in [-0.39, 0.29) is 18.5 Å². The Labute approximate surface area is 360 Å². The van der Waals surface area contributed by atoms with Crippen LogP contribution in [0.15, 0.2) is 91.0 Å². The number of ether oxygens (including phenoxy) is 3. The van der Waals surface area contributed by atoms with Gasteiger partial charge in [-0.3, -0.25) is 9.59 Å². The van der Waals surface area contributed by atoms with E-state index in [0.29, 0.717) is 35.2 Å². The number of carboxylic acids is 1. The van der Waals surface area contributed by atoms with E-state index in [0.717, 1.165) is 51.4 Å². The Bertz CT molecular complexity index is 1650. The molecule has 0 aromatic heterocycles. The molecule has 3 unspecified atom stereocenters. The Balaban J connectivity index is 1.00. The number of aliphatic carboxylic acids is 1. The van der Waals surface area contributed by atoms with Gasteiger partial charge >= 0.3 is 17.9 Å². The molecule has 1 N–H and O–H groups in total. The van der Waals surface area contributed by atoms with Crippen molar-refractivity contribution < 1.29 is 38.2 Å². The molecule has 8 nitrogen and oxygen atoms in total. The summed E-state index contributed by atoms with van der Waals surface area (Å²) in [6.45, 7) is 2.51. The fourth-order valence-corrected chi connectivity index (χ4v) is 10.6. The van der Waals surface area contributed by atoms with Crippen LogP contribution in [0.2, 0.25) is 0 Å². The van der Waals surface area contributed by atoms with Gasteiger partial charge in [-0.1, -0.05) is 181 Å². The van der Waals surface area contributed by atoms with Crippen molar-refractivity contribution in [2.45, 2.75) is 184 Å². The first kappa shape index (κ1) is 45.5. The van der Waals surface area contributed by atoms with Crippen molar-refractivity contribution >= 4 is 17.9 Å². The summed E-state index contributed by atoms with van der Waals surface area (Å²) in [4.78, 5) is 39.3. The Morgan fingerprint density at radius 1 is 0.583 bits per heavy atom. The Kier molecular flexibility index (Phi) is 18.1. The summed E-state index contributed by atoms with van der Waals surface area (Å²) in [7, 11) is 0. The van der Waals surface area contributed by atoms with Crippen LogP contribution in [-0.2, 0) is 34.2 Å². The molecule has 6 rings (SSSR count). The molecule has 60 heavy (non-hydrogen) atoms. The lowest BCUT2D eigenvalue weighted by molar-refractivity contribution is -0.956. The lowest BCUT2D eigenvalue weighted by atomic mass is 9.85. The highest BCUT2D eigenvalue weighted by Crippen LogP contribution is 2.48. The largest absolute Gasteiger partial charge is 0.481 e. The van der Waals surface area contributed by atoms with Gasteiger partial charge in [-0.25, -0.2) is 4.79 Å². The average Bonchev–Trinajstić information content (AvgIpc) is 3.81. The minimum Gasteiger partial charge on any atom is -0.481 e. The average molecular weight is 823 g/mol. The summed E-state index contributed by atoms with van der Waals surface area (Å²) in [5.74, 6) is -1.49. The van der Waals surface area contributed by atoms with Crippen molar-refractivity contribution in [2.75, 3.05) is 13.1 Å². The first-order valence-corrected chi connectivity index (χ1v) is 23.7. The third-order valence-electron chi connectivity index (χ3n) is 13.8. The van der Waals surface area contributed by atoms with Crippen molar-refractivity contribution in [3.05, 3.63) is 108 Å². The maximum atomic E-state index is 15.1. The summed E-state index contributed by atoms with van der Waals surface area (Å²) < 4.78 is 21.1. The zero-order valence-electron chi connectivity index (χ0n) is 36.2. The highest BCUT2D eigenvalue weighted by atomic mass is 16.7. The van der Waals surface area contributed by atoms with Crippen LogP contribution in [0, 0.1) is 0 Å². The molecule has 1 spiro atoms. The molecule has 3 atom stereocenters. The number of quaternary nitrogens is 1. The number of piperidine rings is 1. The number of hydrogen-bond acceptors (Lipinski definition) is 6. The molecule has 3 heterocycles. The van der Waals surface area contributed by atoms with Crippen LogP contribution >= 0.6 is 0 Å². The molecule has 0 saturated carbocycles. The lowest BCUT2D eigenvalue weighted by Crippen LogP contribution is -2.60. The molecule has 2 bridgehead atoms. The normalized spacial score (nSPS) is 19.9. The first-order valence-electron chi connectivity index (χ1n) is 23.7. The molecule has 0 radical (unpaired) electrons. The number of benzene rings is 3. The molecular formula is C52H72NO7+. The van der Waals surface area contributed by atoms with E-state index in [4.69, 9.17) is 19.3 Å². The Morgan fingerprint density at radius 3 is 1.45 bits per heavy atom. The first-order chi connectivity index (χ1) is 29.4. The lowest BCUT2D eigenvalue weighted by Gasteiger charge is -2.47. The second-order valence-corrected chi connectivity index (χ2v) is 18.0. The molecule has 0 amide bonds. The summed E-state index contributed by atoms with van der Waals surface area (Å²) in [6, 6.07) is 29.7. The number of hydrogen-bond donors (Lipinski definition) is 1. The van der Waals surface area contributed by atoms with Gasteiger partial charge in [0, 0.05) is 56.9 Å². The second kappa shape index (κ2) is 23.8. The van der Waals surface area contributed by atoms with Crippen LogP contribution in [0.5, 0.6) is 0 Å². The van der Waals surface area contributed by atoms with Crippen LogP contribution in [0.1, 0.15) is 177 Å². The van der Waals surface area contributed by atoms with Crippen LogP contribution in [0.25, 0.3) is 0 Å². The van der Waals surface area contributed by atoms with E-state index in [1.54, 1.807) is 0 Å². The molecule has 326 valence electrons. The van der Waals surface area contributed by atoms with Crippen molar-refractivity contribution in [3.63, 3.8) is 0 Å². The van der Waals surface area contributed by atoms with Crippen LogP contribution in [0.3, 0.4) is 0 Å². The van der Waals surface area contributed by atoms with Crippen LogP contribution in [-0.4, -0.2) is 58.8 Å². The van der Waals surface area contributed by atoms with Crippen molar-refractivity contribution in [1.29, 1.82) is 0 Å². The fraction of sp³-hybridized carbons (Fsp3) is 0.596. The monoisotopic (exact) mass is 823 g/mol. The van der Waals surface area contributed by atoms with E-state index >= 15 is 4.79 Å². The fourth-order valence-electron chi connectivity index (χ4n) is 10.6. The van der Waals surface area contributed by atoms with Gasteiger partial charge in [0.15, 0.2) is 0 Å². The SMILES string of the molecule is O=C(O)CCCCCCCCCCCCCCCCCCC(=O)OC(OC(C(=O)OC1CC2CCC(C1)[N+]21CCCC1)(c1ccccc1)c1ccccc1)c1ccccc1. The number of nitrogens with zero attached hydrogens (tertiary/aromatic N) is 1. The van der Waals surface area contributed by atoms with Gasteiger partial charge in [0.1, 0.15) is 6.10 Å². The highest BCUT2D eigenvalue weighted by Gasteiger charge is 2.57. The maximum Gasteiger partial charge on any atom is 0.348 e. The van der Waals surface area contributed by atoms with Gasteiger partial charge in [-0.15, -0.1) is 0 Å². The van der Waals surface area contributed by atoms with E-state index in [2.05, 4.69) is 0 Å². The number of rotatable bonds is 27. The number of esters is 2. The molecule has 8 heteroatoms. The Hall–Kier alpha value is -4.01. The van der Waals surface area contributed by atoms with Crippen LogP contribution < -0.4 is 0 Å². The number of carbonyl (C=O) groups is 3. The van der Waals surface area contributed by atoms with Crippen molar-refractivity contribution in [1.82, 2.24) is 0 Å². The standard InChI is InChI=1S/C52H71NO7/c54-48(55)34-24-13-11-9-7-5-3-1-2-4-6-8-10-12-14-25-35-49(56)59-50(42-28-18-15-19-29-42)60-52(43-30-20-16-21-31-43,44-32-22-17-23-33-44)51(57)58-47-40-45-36-37-46(41-47)53(45)38-26-27-39-53/h15-23,28-33,45-47,50H,1-14,24-27,34-41H2/p+1. The quantitative estimate of drug-likeness (QED) is 0.0354. The topological polar surface area (TPSA) is 99.1 Å². The molecule has 3 saturated heterocycles. The van der Waals surface area contributed by atoms with Gasteiger partial charge in [-0.2, -0.15) is 0 Å². The van der Waals surface area contributed by atoms with Gasteiger partial charge in [0.05, 0.1) is 25.2 Å². The van der Waals surface area contributed by atoms with E-state index in [1.807, 2.05) is 91.0 Å². The van der Waals surface area contributed by atoms with Crippen molar-refractivity contribution in [2.24, 2.45) is 0 Å². The number of carbonyl (C=O) groups excluding carboxylic acids is 2. The number of unbranched alkanes of at least 4 members (excludes halogenated alkanes) is 15. The molecule has 3 aromatic carbocycles. The zero-order valence-corrected chi connectivity index (χ0v) is 36.2. The molecule has 0 aliphatic carbocycles. The smallest absolute Gasteiger partial charge is 0.348 e. The Morgan fingerprint density at radius 2 is 1.00 bits per heavy atom. The third-order valence-corrected chi connectivity index (χ3v) is 13.8. The minimum atomic E-state index is -1.68. The number of carboxylic acid groups (broad SMARTS) is 1. The molecule has 3 aliphatic rings. The summed E-state index contributed by atoms with van der Waals surface area (Å²) in [5.41, 5.74) is 0.262. The van der Waals surface area contributed by atoms with Gasteiger partial charge in [0.25, 0.3) is 0 Å². The van der Waals surface area contributed by atoms with E-state index in [1.165, 1.54) is 107 Å². The molecular weight excluding hydrogens is 751 g/mol. The van der Waals surface area contributed by atoms with E-state index < -0.39 is 23.8 Å². The second-order valence-electron chi connectivity index (χ2n) is 18.0. The third kappa shape index (κ3) is 12.5. The zero-order chi connectivity index (χ0) is 41.9. The molecule has 3 fully saturated rings. The summed E-state index contributed by atoms with van der Waals surface area (Å²) >= 11 is 0. The predicted molar refractivity (Wildman–Crippen MR) is 236 cm³/mol.